The molecular formula is C25H32Br3F2N11O3S3. The number of hydrogen-bond acceptors (Lipinski definition) is 15. The van der Waals surface area contributed by atoms with Crippen LogP contribution in [0.4, 0.5) is 24.2 Å². The SMILES string of the molecule is CC(=O)CC1CN(c2nnc(Br)s2)CC1(F)F.CC(=O)N[C@@H]1CCN(c2nnc(Br)s2)C1.CC(=O)N[C@H]1CCN(c2nnc(Br)s2)C1. The molecule has 3 fully saturated rings. The Morgan fingerprint density at radius 2 is 1.13 bits per heavy atom. The molecule has 0 spiro atoms. The largest absolute Gasteiger partial charge is 0.352 e. The van der Waals surface area contributed by atoms with Crippen LogP contribution in [0.25, 0.3) is 0 Å². The summed E-state index contributed by atoms with van der Waals surface area (Å²) in [6, 6.07) is 0.482. The first kappa shape index (κ1) is 37.8. The van der Waals surface area contributed by atoms with E-state index in [9.17, 15) is 23.2 Å². The van der Waals surface area contributed by atoms with Crippen LogP contribution in [-0.2, 0) is 14.4 Å². The van der Waals surface area contributed by atoms with E-state index >= 15 is 0 Å². The van der Waals surface area contributed by atoms with Gasteiger partial charge in [-0.05, 0) is 67.6 Å². The highest BCUT2D eigenvalue weighted by Crippen LogP contribution is 2.39. The molecule has 6 heterocycles. The van der Waals surface area contributed by atoms with E-state index in [1.54, 1.807) is 13.8 Å². The van der Waals surface area contributed by atoms with Gasteiger partial charge in [0.15, 0.2) is 11.8 Å². The van der Waals surface area contributed by atoms with E-state index in [0.717, 1.165) is 57.1 Å². The number of aromatic nitrogens is 6. The van der Waals surface area contributed by atoms with Crippen molar-refractivity contribution in [3.63, 3.8) is 0 Å². The molecule has 3 aliphatic heterocycles. The Kier molecular flexibility index (Phi) is 13.7. The molecule has 14 nitrogen and oxygen atoms in total. The third-order valence-electron chi connectivity index (χ3n) is 7.15. The van der Waals surface area contributed by atoms with Crippen molar-refractivity contribution in [2.75, 3.05) is 54.0 Å². The van der Waals surface area contributed by atoms with E-state index in [-0.39, 0.29) is 42.6 Å². The Labute approximate surface area is 306 Å². The molecule has 3 saturated heterocycles. The van der Waals surface area contributed by atoms with Crippen LogP contribution in [0.15, 0.2) is 11.8 Å². The van der Waals surface area contributed by atoms with Gasteiger partial charge in [0.2, 0.25) is 27.2 Å². The molecule has 0 radical (unpaired) electrons. The Morgan fingerprint density at radius 1 is 0.723 bits per heavy atom. The van der Waals surface area contributed by atoms with Crippen molar-refractivity contribution in [1.82, 2.24) is 41.2 Å². The summed E-state index contributed by atoms with van der Waals surface area (Å²) < 4.78 is 29.5. The molecular weight excluding hydrogens is 876 g/mol. The Hall–Kier alpha value is -2.01. The second kappa shape index (κ2) is 17.1. The zero-order valence-electron chi connectivity index (χ0n) is 25.5. The number of rotatable bonds is 7. The highest BCUT2D eigenvalue weighted by Gasteiger charge is 2.49. The van der Waals surface area contributed by atoms with Crippen LogP contribution in [0, 0.1) is 5.92 Å². The van der Waals surface area contributed by atoms with Crippen molar-refractivity contribution in [2.24, 2.45) is 5.92 Å². The Balaban J connectivity index is 0.000000160. The number of nitrogens with zero attached hydrogens (tertiary/aromatic N) is 9. The van der Waals surface area contributed by atoms with Gasteiger partial charge in [-0.25, -0.2) is 8.78 Å². The Bertz CT molecular complexity index is 1460. The molecule has 1 unspecified atom stereocenters. The number of halogens is 5. The van der Waals surface area contributed by atoms with Crippen LogP contribution in [0.2, 0.25) is 0 Å². The first-order valence-corrected chi connectivity index (χ1v) is 19.1. The van der Waals surface area contributed by atoms with Crippen molar-refractivity contribution in [2.45, 2.75) is 58.0 Å². The molecule has 3 aromatic rings. The minimum Gasteiger partial charge on any atom is -0.352 e. The van der Waals surface area contributed by atoms with E-state index in [2.05, 4.69) is 98.8 Å². The normalized spacial score (nSPS) is 21.5. The quantitative estimate of drug-likeness (QED) is 0.345. The van der Waals surface area contributed by atoms with Gasteiger partial charge < -0.3 is 30.1 Å². The maximum atomic E-state index is 13.7. The average molecular weight is 909 g/mol. The number of amides is 2. The van der Waals surface area contributed by atoms with Crippen LogP contribution in [0.1, 0.15) is 40.0 Å². The fraction of sp³-hybridized carbons (Fsp3) is 0.640. The summed E-state index contributed by atoms with van der Waals surface area (Å²) in [4.78, 5) is 38.5. The minimum absolute atomic E-state index is 0.0281. The summed E-state index contributed by atoms with van der Waals surface area (Å²) in [5.74, 6) is -3.93. The van der Waals surface area contributed by atoms with Crippen molar-refractivity contribution in [3.05, 3.63) is 11.8 Å². The second-order valence-electron chi connectivity index (χ2n) is 11.0. The number of Topliss-reactive ketones (excluding diaryl/α,β-unsaturated/α-hetero) is 1. The smallest absolute Gasteiger partial charge is 0.270 e. The maximum absolute atomic E-state index is 13.7. The highest BCUT2D eigenvalue weighted by molar-refractivity contribution is 9.11. The van der Waals surface area contributed by atoms with E-state index in [1.165, 1.54) is 45.8 Å². The summed E-state index contributed by atoms with van der Waals surface area (Å²) in [6.45, 7) is 7.66. The zero-order valence-corrected chi connectivity index (χ0v) is 32.7. The molecule has 3 aromatic heterocycles. The van der Waals surface area contributed by atoms with Gasteiger partial charge in [0, 0.05) is 71.0 Å². The molecule has 0 bridgehead atoms. The number of alkyl halides is 2. The fourth-order valence-corrected chi connectivity index (χ4v) is 8.55. The molecule has 258 valence electrons. The van der Waals surface area contributed by atoms with Gasteiger partial charge >= 0.3 is 0 Å². The lowest BCUT2D eigenvalue weighted by molar-refractivity contribution is -0.121. The molecule has 0 aliphatic carbocycles. The standard InChI is InChI=1S/C9H10BrF2N3OS.2C8H11BrN4OS/c1-5(16)2-6-3-15(4-9(6,11)12)8-14-13-7(10)17-8;2*1-5(14)10-6-2-3-13(4-6)8-12-11-7(9)15-8/h6H,2-4H2,1H3;2*6H,2-4H2,1H3,(H,10,14)/t;2*6-/m.10/s1. The summed E-state index contributed by atoms with van der Waals surface area (Å²) in [7, 11) is 0. The number of carbonyl (C=O) groups is 3. The third kappa shape index (κ3) is 11.5. The molecule has 0 aromatic carbocycles. The van der Waals surface area contributed by atoms with Gasteiger partial charge in [-0.2, -0.15) is 0 Å². The number of hydrogen-bond donors (Lipinski definition) is 2. The molecule has 0 saturated carbocycles. The van der Waals surface area contributed by atoms with Gasteiger partial charge in [-0.15, -0.1) is 30.6 Å². The highest BCUT2D eigenvalue weighted by atomic mass is 79.9. The van der Waals surface area contributed by atoms with E-state index in [0.29, 0.717) is 9.05 Å². The monoisotopic (exact) mass is 905 g/mol. The molecule has 22 heteroatoms. The molecule has 3 atom stereocenters. The van der Waals surface area contributed by atoms with Crippen molar-refractivity contribution in [1.29, 1.82) is 0 Å². The molecule has 3 aliphatic rings. The summed E-state index contributed by atoms with van der Waals surface area (Å²) in [5, 5.41) is 31.5. The van der Waals surface area contributed by atoms with Crippen molar-refractivity contribution < 1.29 is 23.2 Å². The first-order valence-electron chi connectivity index (χ1n) is 14.3. The lowest BCUT2D eigenvalue weighted by Crippen LogP contribution is -2.35. The maximum Gasteiger partial charge on any atom is 0.270 e. The predicted molar refractivity (Wildman–Crippen MR) is 188 cm³/mol. The topological polar surface area (TPSA) is 162 Å². The number of carbonyl (C=O) groups excluding carboxylic acids is 3. The lowest BCUT2D eigenvalue weighted by Gasteiger charge is -2.14. The number of anilines is 3. The van der Waals surface area contributed by atoms with Crippen LogP contribution in [0.5, 0.6) is 0 Å². The van der Waals surface area contributed by atoms with Crippen LogP contribution >= 0.6 is 81.8 Å². The van der Waals surface area contributed by atoms with Gasteiger partial charge in [0.1, 0.15) is 5.78 Å². The van der Waals surface area contributed by atoms with Crippen LogP contribution in [-0.4, -0.2) is 105 Å². The fourth-order valence-electron chi connectivity index (χ4n) is 5.21. The summed E-state index contributed by atoms with van der Waals surface area (Å²) in [6.07, 6.45) is 1.84. The predicted octanol–water partition coefficient (Wildman–Crippen LogP) is 4.38. The van der Waals surface area contributed by atoms with Crippen molar-refractivity contribution in [3.8, 4) is 0 Å². The second-order valence-corrected chi connectivity index (χ2v) is 17.7. The van der Waals surface area contributed by atoms with Gasteiger partial charge in [0.25, 0.3) is 5.92 Å². The number of ketones is 1. The molecule has 47 heavy (non-hydrogen) atoms. The van der Waals surface area contributed by atoms with Crippen LogP contribution in [0.3, 0.4) is 0 Å². The summed E-state index contributed by atoms with van der Waals surface area (Å²) >= 11 is 13.9. The van der Waals surface area contributed by atoms with Gasteiger partial charge in [-0.3, -0.25) is 9.59 Å². The van der Waals surface area contributed by atoms with Crippen molar-refractivity contribution >= 4 is 115 Å². The number of nitrogens with one attached hydrogen (secondary N) is 2. The molecule has 2 N–H and O–H groups in total. The van der Waals surface area contributed by atoms with E-state index in [1.807, 2.05) is 0 Å². The molecule has 2 amide bonds. The van der Waals surface area contributed by atoms with Gasteiger partial charge in [0.05, 0.1) is 6.54 Å². The lowest BCUT2D eigenvalue weighted by atomic mass is 9.99. The van der Waals surface area contributed by atoms with E-state index in [4.69, 9.17) is 0 Å². The summed E-state index contributed by atoms with van der Waals surface area (Å²) in [5.41, 5.74) is 0. The van der Waals surface area contributed by atoms with E-state index < -0.39 is 18.4 Å². The molecule has 6 rings (SSSR count). The zero-order chi connectivity index (χ0) is 34.3. The minimum atomic E-state index is -2.84. The Morgan fingerprint density at radius 3 is 1.47 bits per heavy atom. The van der Waals surface area contributed by atoms with Gasteiger partial charge in [-0.1, -0.05) is 34.0 Å². The average Bonchev–Trinajstić information content (AvgIpc) is 3.80. The first-order chi connectivity index (χ1) is 22.2. The van der Waals surface area contributed by atoms with Crippen LogP contribution < -0.4 is 25.3 Å². The third-order valence-corrected chi connectivity index (χ3v) is 11.4.